The summed E-state index contributed by atoms with van der Waals surface area (Å²) in [5.74, 6) is -0.0139. The minimum absolute atomic E-state index is 0.106. The van der Waals surface area contributed by atoms with Crippen LogP contribution < -0.4 is 19.8 Å². The maximum Gasteiger partial charge on any atom is 0.344 e. The molecular weight excluding hydrogens is 669 g/mol. The van der Waals surface area contributed by atoms with Gasteiger partial charge in [-0.05, 0) is 49.2 Å². The van der Waals surface area contributed by atoms with Gasteiger partial charge < -0.3 is 23.7 Å². The van der Waals surface area contributed by atoms with Crippen LogP contribution in [-0.4, -0.2) is 85.8 Å². The number of nitrogens with zero attached hydrogens (tertiary/aromatic N) is 9. The number of pyridine rings is 1. The van der Waals surface area contributed by atoms with Crippen molar-refractivity contribution in [3.05, 3.63) is 112 Å². The lowest BCUT2D eigenvalue weighted by molar-refractivity contribution is 0.0465. The number of methoxy groups -OCH3 is 2. The van der Waals surface area contributed by atoms with Gasteiger partial charge in [-0.1, -0.05) is 34.7 Å². The van der Waals surface area contributed by atoms with Crippen molar-refractivity contribution in [1.29, 1.82) is 0 Å². The van der Waals surface area contributed by atoms with Gasteiger partial charge in [0, 0.05) is 50.3 Å². The molecular formula is C37H36FN9O5. The summed E-state index contributed by atoms with van der Waals surface area (Å²) in [5.41, 5.74) is 2.97. The molecule has 3 aromatic carbocycles. The fourth-order valence-corrected chi connectivity index (χ4v) is 6.60. The number of piperazine rings is 1. The first-order valence-electron chi connectivity index (χ1n) is 17.0. The third-order valence-corrected chi connectivity index (χ3v) is 9.46. The Morgan fingerprint density at radius 2 is 1.42 bits per heavy atom. The predicted octanol–water partition coefficient (Wildman–Crippen LogP) is 4.33. The Labute approximate surface area is 297 Å². The summed E-state index contributed by atoms with van der Waals surface area (Å²) < 4.78 is 37.3. The van der Waals surface area contributed by atoms with E-state index in [0.717, 1.165) is 24.2 Å². The molecule has 1 saturated carbocycles. The van der Waals surface area contributed by atoms with Crippen molar-refractivity contribution in [3.8, 4) is 22.9 Å². The van der Waals surface area contributed by atoms with Gasteiger partial charge in [0.1, 0.15) is 46.6 Å². The lowest BCUT2D eigenvalue weighted by Crippen LogP contribution is -2.46. The van der Waals surface area contributed by atoms with Crippen molar-refractivity contribution in [3.63, 3.8) is 0 Å². The molecule has 2 fully saturated rings. The smallest absolute Gasteiger partial charge is 0.344 e. The van der Waals surface area contributed by atoms with Gasteiger partial charge >= 0.3 is 5.97 Å². The molecule has 14 nitrogen and oxygen atoms in total. The van der Waals surface area contributed by atoms with Crippen molar-refractivity contribution >= 4 is 22.6 Å². The Kier molecular flexibility index (Phi) is 8.85. The molecule has 0 radical (unpaired) electrons. The SMILES string of the molecule is COc1ccccc1-n1cc(COC(=O)c2cn(C3CC3)c3cc(N4CCN(Cc5cn(-c6ccccc6OC)nn5)CC4)c(F)cc3c2=O)nn1. The van der Waals surface area contributed by atoms with Crippen LogP contribution in [-0.2, 0) is 17.9 Å². The molecule has 0 spiro atoms. The molecule has 0 atom stereocenters. The Morgan fingerprint density at radius 3 is 2.06 bits per heavy atom. The quantitative estimate of drug-likeness (QED) is 0.178. The highest BCUT2D eigenvalue weighted by Gasteiger charge is 2.29. The first-order chi connectivity index (χ1) is 25.4. The highest BCUT2D eigenvalue weighted by atomic mass is 19.1. The molecule has 0 unspecified atom stereocenters. The average molecular weight is 706 g/mol. The number of halogens is 1. The summed E-state index contributed by atoms with van der Waals surface area (Å²) in [6.07, 6.45) is 6.85. The van der Waals surface area contributed by atoms with Crippen LogP contribution in [0.15, 0.2) is 84.0 Å². The first-order valence-corrected chi connectivity index (χ1v) is 17.0. The van der Waals surface area contributed by atoms with Crippen LogP contribution in [0.25, 0.3) is 22.3 Å². The monoisotopic (exact) mass is 705 g/mol. The maximum absolute atomic E-state index is 15.8. The molecule has 15 heteroatoms. The Bertz CT molecular complexity index is 2320. The third-order valence-electron chi connectivity index (χ3n) is 9.46. The second kappa shape index (κ2) is 13.9. The molecule has 3 aromatic heterocycles. The summed E-state index contributed by atoms with van der Waals surface area (Å²) in [7, 11) is 3.18. The number of para-hydroxylation sites is 4. The van der Waals surface area contributed by atoms with Crippen LogP contribution in [0.4, 0.5) is 10.1 Å². The second-order valence-corrected chi connectivity index (χ2v) is 12.8. The minimum Gasteiger partial charge on any atom is -0.494 e. The van der Waals surface area contributed by atoms with Crippen molar-refractivity contribution in [2.45, 2.75) is 32.0 Å². The minimum atomic E-state index is -0.809. The molecule has 0 amide bonds. The Balaban J connectivity index is 0.962. The topological polar surface area (TPSA) is 135 Å². The van der Waals surface area contributed by atoms with Crippen LogP contribution in [0.1, 0.15) is 40.6 Å². The normalized spacial score (nSPS) is 14.9. The summed E-state index contributed by atoms with van der Waals surface area (Å²) in [4.78, 5) is 31.2. The fourth-order valence-electron chi connectivity index (χ4n) is 6.60. The predicted molar refractivity (Wildman–Crippen MR) is 189 cm³/mol. The van der Waals surface area contributed by atoms with Crippen molar-refractivity contribution < 1.29 is 23.4 Å². The van der Waals surface area contributed by atoms with Gasteiger partial charge in [-0.2, -0.15) is 0 Å². The summed E-state index contributed by atoms with van der Waals surface area (Å²) >= 11 is 0. The van der Waals surface area contributed by atoms with Crippen LogP contribution >= 0.6 is 0 Å². The number of fused-ring (bicyclic) bond motifs is 1. The number of carbonyl (C=O) groups excluding carboxylic acids is 1. The third kappa shape index (κ3) is 6.46. The highest BCUT2D eigenvalue weighted by Crippen LogP contribution is 2.38. The van der Waals surface area contributed by atoms with Gasteiger partial charge in [0.05, 0.1) is 43.5 Å². The van der Waals surface area contributed by atoms with E-state index in [1.165, 1.54) is 10.7 Å². The van der Waals surface area contributed by atoms with E-state index < -0.39 is 17.2 Å². The zero-order valence-electron chi connectivity index (χ0n) is 28.7. The highest BCUT2D eigenvalue weighted by molar-refractivity contribution is 5.94. The number of anilines is 1. The van der Waals surface area contributed by atoms with E-state index in [1.54, 1.807) is 43.4 Å². The number of hydrogen-bond acceptors (Lipinski definition) is 11. The molecule has 4 heterocycles. The van der Waals surface area contributed by atoms with E-state index >= 15 is 4.39 Å². The Hall–Kier alpha value is -6.09. The van der Waals surface area contributed by atoms with Gasteiger partial charge in [-0.3, -0.25) is 9.69 Å². The van der Waals surface area contributed by atoms with Gasteiger partial charge in [-0.15, -0.1) is 10.2 Å². The standard InChI is InChI=1S/C37H36FN9O5/c1-50-34-9-5-3-7-30(34)46-20-24(39-41-46)19-43-13-15-44(16-14-43)33-18-32-27(17-29(33)38)36(48)28(22-45(32)26-11-12-26)37(49)52-23-25-21-47(42-40-25)31-8-4-6-10-35(31)51-2/h3-10,17-18,20-22,26H,11-16,19,23H2,1-2H3. The average Bonchev–Trinajstić information content (AvgIpc) is 3.73. The molecule has 6 aromatic rings. The molecule has 266 valence electrons. The molecule has 8 rings (SSSR count). The molecule has 1 aliphatic heterocycles. The Morgan fingerprint density at radius 1 is 0.808 bits per heavy atom. The number of rotatable bonds is 11. The largest absolute Gasteiger partial charge is 0.494 e. The van der Waals surface area contributed by atoms with E-state index in [9.17, 15) is 9.59 Å². The molecule has 0 N–H and O–H groups in total. The van der Waals surface area contributed by atoms with Crippen LogP contribution in [0, 0.1) is 5.82 Å². The van der Waals surface area contributed by atoms with Gasteiger partial charge in [0.2, 0.25) is 5.43 Å². The molecule has 1 saturated heterocycles. The van der Waals surface area contributed by atoms with Gasteiger partial charge in [-0.25, -0.2) is 18.5 Å². The lowest BCUT2D eigenvalue weighted by atomic mass is 10.1. The van der Waals surface area contributed by atoms with E-state index in [4.69, 9.17) is 14.2 Å². The maximum atomic E-state index is 15.8. The zero-order chi connectivity index (χ0) is 35.8. The molecule has 52 heavy (non-hydrogen) atoms. The zero-order valence-corrected chi connectivity index (χ0v) is 28.7. The van der Waals surface area contributed by atoms with Gasteiger partial charge in [0.25, 0.3) is 0 Å². The number of aromatic nitrogens is 7. The van der Waals surface area contributed by atoms with Crippen molar-refractivity contribution in [2.75, 3.05) is 45.3 Å². The van der Waals surface area contributed by atoms with Crippen LogP contribution in [0.3, 0.4) is 0 Å². The molecule has 0 bridgehead atoms. The van der Waals surface area contributed by atoms with E-state index in [2.05, 4.69) is 25.5 Å². The summed E-state index contributed by atoms with van der Waals surface area (Å²) in [6.45, 7) is 2.95. The summed E-state index contributed by atoms with van der Waals surface area (Å²) in [6, 6.07) is 18.0. The number of hydrogen-bond donors (Lipinski definition) is 0. The van der Waals surface area contributed by atoms with Crippen LogP contribution in [0.2, 0.25) is 0 Å². The number of ether oxygens (including phenoxy) is 3. The lowest BCUT2D eigenvalue weighted by Gasteiger charge is -2.36. The van der Waals surface area contributed by atoms with E-state index in [-0.39, 0.29) is 23.6 Å². The molecule has 2 aliphatic rings. The van der Waals surface area contributed by atoms with E-state index in [1.807, 2.05) is 58.1 Å². The number of carbonyl (C=O) groups is 1. The molecule has 1 aliphatic carbocycles. The summed E-state index contributed by atoms with van der Waals surface area (Å²) in [5, 5.41) is 17.0. The first kappa shape index (κ1) is 33.1. The van der Waals surface area contributed by atoms with Gasteiger partial charge in [0.15, 0.2) is 0 Å². The van der Waals surface area contributed by atoms with E-state index in [0.29, 0.717) is 66.8 Å². The second-order valence-electron chi connectivity index (χ2n) is 12.8. The van der Waals surface area contributed by atoms with Crippen molar-refractivity contribution in [1.82, 2.24) is 39.5 Å². The van der Waals surface area contributed by atoms with Crippen molar-refractivity contribution in [2.24, 2.45) is 0 Å². The number of esters is 1. The fraction of sp³-hybridized carbons (Fsp3) is 0.297. The van der Waals surface area contributed by atoms with Crippen LogP contribution in [0.5, 0.6) is 11.5 Å². The number of benzene rings is 3.